The van der Waals surface area contributed by atoms with Gasteiger partial charge in [0, 0.05) is 12.1 Å². The van der Waals surface area contributed by atoms with Gasteiger partial charge in [-0.3, -0.25) is 9.79 Å². The fourth-order valence-corrected chi connectivity index (χ4v) is 1.44. The highest BCUT2D eigenvalue weighted by Gasteiger charge is 2.11. The Morgan fingerprint density at radius 2 is 2.07 bits per heavy atom. The molecule has 0 saturated carbocycles. The van der Waals surface area contributed by atoms with Gasteiger partial charge in [0.2, 0.25) is 0 Å². The predicted octanol–water partition coefficient (Wildman–Crippen LogP) is 1.68. The highest BCUT2D eigenvalue weighted by Crippen LogP contribution is 2.04. The van der Waals surface area contributed by atoms with Gasteiger partial charge in [-0.1, -0.05) is 30.3 Å². The standard InChI is InChI=1S/C11H12N2O.ClH/c14-10(8-11-12-6-7-13-11)9-4-2-1-3-5-9;/h1-5H,6-8H2,(H,12,13);1H. The summed E-state index contributed by atoms with van der Waals surface area (Å²) in [5, 5.41) is 3.09. The number of nitrogens with one attached hydrogen (secondary N) is 1. The largest absolute Gasteiger partial charge is 0.372 e. The van der Waals surface area contributed by atoms with E-state index >= 15 is 0 Å². The minimum Gasteiger partial charge on any atom is -0.372 e. The Morgan fingerprint density at radius 3 is 2.67 bits per heavy atom. The number of carbonyl (C=O) groups is 1. The maximum absolute atomic E-state index is 11.7. The second-order valence-corrected chi connectivity index (χ2v) is 3.22. The first-order chi connectivity index (χ1) is 6.86. The van der Waals surface area contributed by atoms with E-state index < -0.39 is 0 Å². The van der Waals surface area contributed by atoms with E-state index in [0.717, 1.165) is 24.5 Å². The first kappa shape index (κ1) is 11.7. The van der Waals surface area contributed by atoms with Gasteiger partial charge in [0.25, 0.3) is 0 Å². The second kappa shape index (κ2) is 5.51. The van der Waals surface area contributed by atoms with E-state index in [1.165, 1.54) is 0 Å². The van der Waals surface area contributed by atoms with E-state index in [-0.39, 0.29) is 18.2 Å². The van der Waals surface area contributed by atoms with Crippen molar-refractivity contribution in [1.82, 2.24) is 5.32 Å². The molecule has 1 heterocycles. The molecule has 80 valence electrons. The third-order valence-electron chi connectivity index (χ3n) is 2.17. The number of Topliss-reactive ketones (excluding diaryl/α,β-unsaturated/α-hetero) is 1. The van der Waals surface area contributed by atoms with Crippen molar-refractivity contribution < 1.29 is 4.79 Å². The van der Waals surface area contributed by atoms with Crippen LogP contribution in [0.2, 0.25) is 0 Å². The molecule has 0 saturated heterocycles. The van der Waals surface area contributed by atoms with Crippen molar-refractivity contribution >= 4 is 24.0 Å². The minimum absolute atomic E-state index is 0. The molecule has 0 atom stereocenters. The molecule has 1 aliphatic rings. The topological polar surface area (TPSA) is 41.5 Å². The lowest BCUT2D eigenvalue weighted by Gasteiger charge is -2.01. The SMILES string of the molecule is Cl.O=C(CC1=NCCN1)c1ccccc1. The van der Waals surface area contributed by atoms with E-state index in [2.05, 4.69) is 10.3 Å². The second-order valence-electron chi connectivity index (χ2n) is 3.22. The number of nitrogens with zero attached hydrogens (tertiary/aromatic N) is 1. The molecule has 2 rings (SSSR count). The van der Waals surface area contributed by atoms with E-state index in [1.807, 2.05) is 30.3 Å². The molecule has 0 bridgehead atoms. The summed E-state index contributed by atoms with van der Waals surface area (Å²) in [6, 6.07) is 9.31. The first-order valence-electron chi connectivity index (χ1n) is 4.72. The smallest absolute Gasteiger partial charge is 0.170 e. The van der Waals surface area contributed by atoms with Crippen LogP contribution in [0.5, 0.6) is 0 Å². The fraction of sp³-hybridized carbons (Fsp3) is 0.273. The maximum Gasteiger partial charge on any atom is 0.170 e. The highest BCUT2D eigenvalue weighted by atomic mass is 35.5. The highest BCUT2D eigenvalue weighted by molar-refractivity contribution is 6.09. The van der Waals surface area contributed by atoms with Gasteiger partial charge in [0.05, 0.1) is 13.0 Å². The van der Waals surface area contributed by atoms with Gasteiger partial charge >= 0.3 is 0 Å². The van der Waals surface area contributed by atoms with Crippen LogP contribution in [0.25, 0.3) is 0 Å². The zero-order valence-corrected chi connectivity index (χ0v) is 9.09. The summed E-state index contributed by atoms with van der Waals surface area (Å²) < 4.78 is 0. The summed E-state index contributed by atoms with van der Waals surface area (Å²) in [5.74, 6) is 0.942. The van der Waals surface area contributed by atoms with E-state index in [1.54, 1.807) is 0 Å². The van der Waals surface area contributed by atoms with Crippen molar-refractivity contribution in [3.05, 3.63) is 35.9 Å². The maximum atomic E-state index is 11.7. The fourth-order valence-electron chi connectivity index (χ4n) is 1.44. The molecule has 1 aliphatic heterocycles. The first-order valence-corrected chi connectivity index (χ1v) is 4.72. The number of ketones is 1. The van der Waals surface area contributed by atoms with Crippen LogP contribution in [0, 0.1) is 0 Å². The molecule has 0 radical (unpaired) electrons. The molecule has 0 aliphatic carbocycles. The number of amidine groups is 1. The average molecular weight is 225 g/mol. The van der Waals surface area contributed by atoms with Crippen molar-refractivity contribution in [3.63, 3.8) is 0 Å². The van der Waals surface area contributed by atoms with Crippen LogP contribution >= 0.6 is 12.4 Å². The van der Waals surface area contributed by atoms with Crippen molar-refractivity contribution in [1.29, 1.82) is 0 Å². The number of carbonyl (C=O) groups excluding carboxylic acids is 1. The van der Waals surface area contributed by atoms with Gasteiger partial charge in [-0.25, -0.2) is 0 Å². The van der Waals surface area contributed by atoms with Gasteiger partial charge in [-0.05, 0) is 0 Å². The molecule has 0 aromatic heterocycles. The van der Waals surface area contributed by atoms with Crippen LogP contribution in [0.15, 0.2) is 35.3 Å². The molecule has 3 nitrogen and oxygen atoms in total. The van der Waals surface area contributed by atoms with Crippen LogP contribution in [0.1, 0.15) is 16.8 Å². The molecule has 1 N–H and O–H groups in total. The third-order valence-corrected chi connectivity index (χ3v) is 2.17. The molecular weight excluding hydrogens is 212 g/mol. The van der Waals surface area contributed by atoms with E-state index in [9.17, 15) is 4.79 Å². The summed E-state index contributed by atoms with van der Waals surface area (Å²) in [6.07, 6.45) is 0.393. The molecule has 4 heteroatoms. The van der Waals surface area contributed by atoms with Gasteiger partial charge in [-0.15, -0.1) is 12.4 Å². The quantitative estimate of drug-likeness (QED) is 0.794. The normalized spacial score (nSPS) is 13.7. The molecular formula is C11H13ClN2O. The molecule has 1 aromatic rings. The summed E-state index contributed by atoms with van der Waals surface area (Å²) >= 11 is 0. The number of benzene rings is 1. The Hall–Kier alpha value is -1.35. The van der Waals surface area contributed by atoms with Crippen LogP contribution in [-0.4, -0.2) is 24.7 Å². The summed E-state index contributed by atoms with van der Waals surface area (Å²) in [6.45, 7) is 1.65. The molecule has 0 amide bonds. The molecule has 15 heavy (non-hydrogen) atoms. The Bertz CT molecular complexity index is 362. The van der Waals surface area contributed by atoms with Gasteiger partial charge in [0.1, 0.15) is 5.84 Å². The molecule has 0 unspecified atom stereocenters. The van der Waals surface area contributed by atoms with Gasteiger partial charge < -0.3 is 5.32 Å². The van der Waals surface area contributed by atoms with E-state index in [4.69, 9.17) is 0 Å². The van der Waals surface area contributed by atoms with Crippen LogP contribution in [0.3, 0.4) is 0 Å². The average Bonchev–Trinajstić information content (AvgIpc) is 2.72. The summed E-state index contributed by atoms with van der Waals surface area (Å²) in [4.78, 5) is 15.9. The third kappa shape index (κ3) is 3.06. The predicted molar refractivity (Wildman–Crippen MR) is 62.9 cm³/mol. The van der Waals surface area contributed by atoms with Crippen molar-refractivity contribution in [2.75, 3.05) is 13.1 Å². The lowest BCUT2D eigenvalue weighted by molar-refractivity contribution is 0.1000. The van der Waals surface area contributed by atoms with Gasteiger partial charge in [-0.2, -0.15) is 0 Å². The molecule has 0 spiro atoms. The van der Waals surface area contributed by atoms with Crippen LogP contribution in [0.4, 0.5) is 0 Å². The molecule has 0 fully saturated rings. The Kier molecular flexibility index (Phi) is 4.31. The van der Waals surface area contributed by atoms with Crippen molar-refractivity contribution in [2.45, 2.75) is 6.42 Å². The van der Waals surface area contributed by atoms with E-state index in [0.29, 0.717) is 6.42 Å². The monoisotopic (exact) mass is 224 g/mol. The number of aliphatic imine (C=N–C) groups is 1. The van der Waals surface area contributed by atoms with Crippen LogP contribution in [-0.2, 0) is 0 Å². The van der Waals surface area contributed by atoms with Crippen molar-refractivity contribution in [2.24, 2.45) is 4.99 Å². The lowest BCUT2D eigenvalue weighted by Crippen LogP contribution is -2.21. The minimum atomic E-state index is 0. The number of halogens is 1. The van der Waals surface area contributed by atoms with Crippen molar-refractivity contribution in [3.8, 4) is 0 Å². The van der Waals surface area contributed by atoms with Gasteiger partial charge in [0.15, 0.2) is 5.78 Å². The zero-order valence-electron chi connectivity index (χ0n) is 8.27. The van der Waals surface area contributed by atoms with Crippen LogP contribution < -0.4 is 5.32 Å². The number of hydrogen-bond donors (Lipinski definition) is 1. The summed E-state index contributed by atoms with van der Waals surface area (Å²) in [7, 11) is 0. The Labute approximate surface area is 95.0 Å². The number of rotatable bonds is 3. The zero-order chi connectivity index (χ0) is 9.80. The molecule has 1 aromatic carbocycles. The number of hydrogen-bond acceptors (Lipinski definition) is 3. The summed E-state index contributed by atoms with van der Waals surface area (Å²) in [5.41, 5.74) is 0.754. The lowest BCUT2D eigenvalue weighted by atomic mass is 10.1. The Balaban J connectivity index is 0.00000112. The Morgan fingerprint density at radius 1 is 1.33 bits per heavy atom.